The van der Waals surface area contributed by atoms with Crippen molar-refractivity contribution in [1.29, 1.82) is 0 Å². The maximum Gasteiger partial charge on any atom is 0.223 e. The smallest absolute Gasteiger partial charge is 0.223 e. The van der Waals surface area contributed by atoms with Gasteiger partial charge in [0.15, 0.2) is 0 Å². The van der Waals surface area contributed by atoms with Crippen LogP contribution in [-0.4, -0.2) is 51.7 Å². The molecule has 6 nitrogen and oxygen atoms in total. The van der Waals surface area contributed by atoms with Gasteiger partial charge in [-0.25, -0.2) is 9.37 Å². The molecule has 2 aromatic rings. The summed E-state index contributed by atoms with van der Waals surface area (Å²) in [5.74, 6) is 0.612. The zero-order chi connectivity index (χ0) is 18.8. The molecular weight excluding hydrogens is 345 g/mol. The summed E-state index contributed by atoms with van der Waals surface area (Å²) in [7, 11) is 0. The van der Waals surface area contributed by atoms with Crippen LogP contribution in [0.4, 0.5) is 10.2 Å². The average molecular weight is 371 g/mol. The molecular formula is C20H26FN5O. The minimum Gasteiger partial charge on any atom is -0.350 e. The zero-order valence-corrected chi connectivity index (χ0v) is 15.7. The van der Waals surface area contributed by atoms with E-state index in [0.717, 1.165) is 24.4 Å². The Morgan fingerprint density at radius 1 is 1.30 bits per heavy atom. The predicted octanol–water partition coefficient (Wildman–Crippen LogP) is 2.49. The van der Waals surface area contributed by atoms with Gasteiger partial charge in [0.25, 0.3) is 0 Å². The number of pyridine rings is 1. The number of anilines is 1. The topological polar surface area (TPSA) is 65.1 Å². The summed E-state index contributed by atoms with van der Waals surface area (Å²) in [5, 5.41) is 7.60. The van der Waals surface area contributed by atoms with Crippen LogP contribution in [0.15, 0.2) is 18.3 Å². The first kappa shape index (κ1) is 17.9. The van der Waals surface area contributed by atoms with Gasteiger partial charge in [-0.1, -0.05) is 0 Å². The van der Waals surface area contributed by atoms with Crippen molar-refractivity contribution in [2.45, 2.75) is 51.5 Å². The highest BCUT2D eigenvalue weighted by molar-refractivity contribution is 5.77. The number of nitrogens with zero attached hydrogens (tertiary/aromatic N) is 4. The lowest BCUT2D eigenvalue weighted by molar-refractivity contribution is -0.131. The van der Waals surface area contributed by atoms with Crippen LogP contribution in [0.3, 0.4) is 0 Å². The van der Waals surface area contributed by atoms with Gasteiger partial charge < -0.3 is 9.80 Å². The number of rotatable bonds is 4. The van der Waals surface area contributed by atoms with E-state index in [9.17, 15) is 9.18 Å². The molecule has 1 N–H and O–H groups in total. The van der Waals surface area contributed by atoms with Crippen LogP contribution in [0.25, 0.3) is 0 Å². The zero-order valence-electron chi connectivity index (χ0n) is 15.7. The van der Waals surface area contributed by atoms with E-state index < -0.39 is 0 Å². The molecule has 1 unspecified atom stereocenters. The molecule has 1 saturated heterocycles. The molecule has 27 heavy (non-hydrogen) atoms. The third-order valence-electron chi connectivity index (χ3n) is 5.70. The van der Waals surface area contributed by atoms with Gasteiger partial charge in [0.05, 0.1) is 11.9 Å². The van der Waals surface area contributed by atoms with Gasteiger partial charge in [-0.3, -0.25) is 9.89 Å². The monoisotopic (exact) mass is 371 g/mol. The minimum absolute atomic E-state index is 0.152. The highest BCUT2D eigenvalue weighted by Crippen LogP contribution is 2.23. The molecule has 0 radical (unpaired) electrons. The summed E-state index contributed by atoms with van der Waals surface area (Å²) in [6, 6.07) is 3.28. The normalized spacial score (nSPS) is 19.9. The lowest BCUT2D eigenvalue weighted by Gasteiger charge is -2.40. The Morgan fingerprint density at radius 3 is 2.93 bits per heavy atom. The number of halogens is 1. The number of nitrogens with one attached hydrogen (secondary N) is 1. The van der Waals surface area contributed by atoms with Crippen molar-refractivity contribution in [3.63, 3.8) is 0 Å². The Morgan fingerprint density at radius 2 is 2.15 bits per heavy atom. The van der Waals surface area contributed by atoms with Gasteiger partial charge >= 0.3 is 0 Å². The maximum atomic E-state index is 13.1. The van der Waals surface area contributed by atoms with Gasteiger partial charge in [-0.05, 0) is 50.3 Å². The predicted molar refractivity (Wildman–Crippen MR) is 101 cm³/mol. The molecule has 1 aliphatic heterocycles. The van der Waals surface area contributed by atoms with Crippen LogP contribution < -0.4 is 4.90 Å². The van der Waals surface area contributed by atoms with Crippen molar-refractivity contribution in [2.75, 3.05) is 24.5 Å². The quantitative estimate of drug-likeness (QED) is 0.897. The first-order valence-electron chi connectivity index (χ1n) is 9.83. The van der Waals surface area contributed by atoms with Crippen LogP contribution in [0, 0.1) is 5.82 Å². The van der Waals surface area contributed by atoms with E-state index in [0.29, 0.717) is 32.5 Å². The molecule has 0 aromatic carbocycles. The van der Waals surface area contributed by atoms with Gasteiger partial charge in [0, 0.05) is 44.2 Å². The van der Waals surface area contributed by atoms with Crippen molar-refractivity contribution >= 4 is 11.7 Å². The Kier molecular flexibility index (Phi) is 5.09. The fraction of sp³-hybridized carbons (Fsp3) is 0.550. The van der Waals surface area contributed by atoms with Crippen molar-refractivity contribution < 1.29 is 9.18 Å². The van der Waals surface area contributed by atoms with Crippen LogP contribution in [0.1, 0.15) is 43.1 Å². The van der Waals surface area contributed by atoms with E-state index in [1.165, 1.54) is 36.4 Å². The first-order valence-corrected chi connectivity index (χ1v) is 9.83. The fourth-order valence-corrected chi connectivity index (χ4v) is 4.20. The fourth-order valence-electron chi connectivity index (χ4n) is 4.20. The average Bonchev–Trinajstić information content (AvgIpc) is 3.10. The number of H-pyrrole nitrogens is 1. The van der Waals surface area contributed by atoms with Crippen molar-refractivity contribution in [2.24, 2.45) is 0 Å². The highest BCUT2D eigenvalue weighted by Gasteiger charge is 2.27. The van der Waals surface area contributed by atoms with Gasteiger partial charge in [-0.2, -0.15) is 5.10 Å². The number of aromatic amines is 1. The second-order valence-corrected chi connectivity index (χ2v) is 7.55. The minimum atomic E-state index is -0.333. The van der Waals surface area contributed by atoms with Crippen LogP contribution >= 0.6 is 0 Å². The highest BCUT2D eigenvalue weighted by atomic mass is 19.1. The van der Waals surface area contributed by atoms with E-state index in [1.807, 2.05) is 4.90 Å². The number of amides is 1. The molecule has 0 saturated carbocycles. The third kappa shape index (κ3) is 3.82. The van der Waals surface area contributed by atoms with E-state index in [4.69, 9.17) is 0 Å². The first-order chi connectivity index (χ1) is 13.1. The number of fused-ring (bicyclic) bond motifs is 1. The SMILES string of the molecule is CC1CN(C(=O)CCc2n[nH]c3c2CCCC3)CCN1c1ccc(F)cn1. The molecule has 0 bridgehead atoms. The molecule has 2 aromatic heterocycles. The number of aromatic nitrogens is 3. The largest absolute Gasteiger partial charge is 0.350 e. The van der Waals surface area contributed by atoms with Crippen LogP contribution in [0.2, 0.25) is 0 Å². The summed E-state index contributed by atoms with van der Waals surface area (Å²) in [6.07, 6.45) is 7.04. The second-order valence-electron chi connectivity index (χ2n) is 7.55. The summed E-state index contributed by atoms with van der Waals surface area (Å²) in [6.45, 7) is 4.12. The number of carbonyl (C=O) groups is 1. The Balaban J connectivity index is 1.33. The Labute approximate surface area is 158 Å². The maximum absolute atomic E-state index is 13.1. The van der Waals surface area contributed by atoms with E-state index in [-0.39, 0.29) is 17.8 Å². The molecule has 1 atom stereocenters. The van der Waals surface area contributed by atoms with E-state index >= 15 is 0 Å². The molecule has 1 fully saturated rings. The third-order valence-corrected chi connectivity index (χ3v) is 5.70. The molecule has 1 aliphatic carbocycles. The van der Waals surface area contributed by atoms with Crippen molar-refractivity contribution in [1.82, 2.24) is 20.1 Å². The number of piperazine rings is 1. The molecule has 3 heterocycles. The summed E-state index contributed by atoms with van der Waals surface area (Å²) < 4.78 is 13.1. The molecule has 0 spiro atoms. The number of aryl methyl sites for hydroxylation is 2. The van der Waals surface area contributed by atoms with Crippen LogP contribution in [-0.2, 0) is 24.1 Å². The molecule has 7 heteroatoms. The standard InChI is InChI=1S/C20H26FN5O/c1-14-13-25(10-11-26(14)19-8-6-15(21)12-22-19)20(27)9-7-18-16-4-2-3-5-17(16)23-24-18/h6,8,12,14H,2-5,7,9-11,13H2,1H3,(H,23,24). The summed E-state index contributed by atoms with van der Waals surface area (Å²) >= 11 is 0. The van der Waals surface area contributed by atoms with Crippen molar-refractivity contribution in [3.8, 4) is 0 Å². The molecule has 144 valence electrons. The lowest BCUT2D eigenvalue weighted by atomic mass is 9.94. The van der Waals surface area contributed by atoms with Gasteiger partial charge in [0.1, 0.15) is 11.6 Å². The number of hydrogen-bond acceptors (Lipinski definition) is 4. The Hall–Kier alpha value is -2.44. The van der Waals surface area contributed by atoms with Crippen LogP contribution in [0.5, 0.6) is 0 Å². The number of carbonyl (C=O) groups excluding carboxylic acids is 1. The Bertz CT molecular complexity index is 803. The van der Waals surface area contributed by atoms with E-state index in [1.54, 1.807) is 6.07 Å². The van der Waals surface area contributed by atoms with Crippen molar-refractivity contribution in [3.05, 3.63) is 41.1 Å². The number of hydrogen-bond donors (Lipinski definition) is 1. The summed E-state index contributed by atoms with van der Waals surface area (Å²) in [5.41, 5.74) is 3.67. The lowest BCUT2D eigenvalue weighted by Crippen LogP contribution is -2.54. The van der Waals surface area contributed by atoms with Gasteiger partial charge in [-0.15, -0.1) is 0 Å². The second kappa shape index (κ2) is 7.66. The van der Waals surface area contributed by atoms with Gasteiger partial charge in [0.2, 0.25) is 5.91 Å². The molecule has 2 aliphatic rings. The van der Waals surface area contributed by atoms with E-state index in [2.05, 4.69) is 27.0 Å². The molecule has 1 amide bonds. The molecule has 4 rings (SSSR count). The summed E-state index contributed by atoms with van der Waals surface area (Å²) in [4.78, 5) is 20.9.